The topological polar surface area (TPSA) is 61.9 Å². The van der Waals surface area contributed by atoms with Crippen molar-refractivity contribution in [1.82, 2.24) is 10.2 Å². The van der Waals surface area contributed by atoms with Crippen LogP contribution in [0.15, 0.2) is 42.5 Å². The predicted molar refractivity (Wildman–Crippen MR) is 126 cm³/mol. The monoisotopic (exact) mass is 475 g/mol. The minimum Gasteiger partial charge on any atom is -0.495 e. The summed E-state index contributed by atoms with van der Waals surface area (Å²) in [5.41, 5.74) is 1.84. The fraction of sp³-hybridized carbons (Fsp3) is 0.417. The fourth-order valence-electron chi connectivity index (χ4n) is 4.39. The molecule has 8 heteroatoms. The van der Waals surface area contributed by atoms with Crippen LogP contribution < -0.4 is 15.0 Å². The molecule has 2 aliphatic heterocycles. The predicted octanol–water partition coefficient (Wildman–Crippen LogP) is 4.14. The van der Waals surface area contributed by atoms with Gasteiger partial charge in [0.15, 0.2) is 0 Å². The molecule has 0 aromatic heterocycles. The molecule has 2 saturated heterocycles. The van der Waals surface area contributed by atoms with E-state index in [0.717, 1.165) is 37.5 Å². The van der Waals surface area contributed by atoms with Crippen molar-refractivity contribution in [2.24, 2.45) is 5.92 Å². The molecule has 2 fully saturated rings. The van der Waals surface area contributed by atoms with E-state index in [1.54, 1.807) is 30.2 Å². The van der Waals surface area contributed by atoms with Gasteiger partial charge in [-0.3, -0.25) is 14.5 Å². The summed E-state index contributed by atoms with van der Waals surface area (Å²) in [6.07, 6.45) is 1.98. The second-order valence-electron chi connectivity index (χ2n) is 8.41. The van der Waals surface area contributed by atoms with Crippen molar-refractivity contribution in [3.8, 4) is 5.75 Å². The van der Waals surface area contributed by atoms with Gasteiger partial charge < -0.3 is 15.0 Å². The molecule has 2 aromatic carbocycles. The number of carbonyl (C=O) groups excluding carboxylic acids is 2. The lowest BCUT2D eigenvalue weighted by Gasteiger charge is -2.32. The number of amides is 2. The maximum atomic E-state index is 12.9. The number of rotatable bonds is 6. The Morgan fingerprint density at radius 1 is 1.09 bits per heavy atom. The van der Waals surface area contributed by atoms with Crippen LogP contribution in [0.5, 0.6) is 5.75 Å². The normalized spacial score (nSPS) is 19.9. The van der Waals surface area contributed by atoms with E-state index < -0.39 is 0 Å². The molecule has 2 aromatic rings. The summed E-state index contributed by atoms with van der Waals surface area (Å²) < 4.78 is 5.37. The number of nitrogens with one attached hydrogen (secondary N) is 1. The summed E-state index contributed by atoms with van der Waals surface area (Å²) in [4.78, 5) is 29.5. The SMILES string of the molecule is COc1ccc(Cl)cc1N1CC(C(=O)NC2CCN(Cc3ccc(Cl)cc3)CC2)CC1=O. The average molecular weight is 476 g/mol. The van der Waals surface area contributed by atoms with E-state index in [2.05, 4.69) is 10.2 Å². The Morgan fingerprint density at radius 3 is 2.47 bits per heavy atom. The molecule has 32 heavy (non-hydrogen) atoms. The Bertz CT molecular complexity index is 975. The minimum atomic E-state index is -0.377. The van der Waals surface area contributed by atoms with Crippen molar-refractivity contribution < 1.29 is 14.3 Å². The molecule has 1 unspecified atom stereocenters. The number of carbonyl (C=O) groups is 2. The molecule has 2 amide bonds. The fourth-order valence-corrected chi connectivity index (χ4v) is 4.68. The number of ether oxygens (including phenoxy) is 1. The maximum Gasteiger partial charge on any atom is 0.227 e. The van der Waals surface area contributed by atoms with E-state index in [1.165, 1.54) is 5.56 Å². The van der Waals surface area contributed by atoms with Crippen molar-refractivity contribution in [2.75, 3.05) is 31.6 Å². The van der Waals surface area contributed by atoms with E-state index in [4.69, 9.17) is 27.9 Å². The standard InChI is InChI=1S/C24H27Cl2N3O3/c1-32-22-7-6-19(26)13-21(22)29-15-17(12-23(29)30)24(31)27-20-8-10-28(11-9-20)14-16-2-4-18(25)5-3-16/h2-7,13,17,20H,8-12,14-15H2,1H3,(H,27,31). The molecule has 0 saturated carbocycles. The molecule has 1 atom stereocenters. The van der Waals surface area contributed by atoms with Crippen molar-refractivity contribution in [3.05, 3.63) is 58.1 Å². The van der Waals surface area contributed by atoms with Crippen molar-refractivity contribution >= 4 is 40.7 Å². The molecule has 1 N–H and O–H groups in total. The van der Waals surface area contributed by atoms with Crippen molar-refractivity contribution in [2.45, 2.75) is 31.8 Å². The van der Waals surface area contributed by atoms with Gasteiger partial charge in [0, 0.05) is 48.7 Å². The van der Waals surface area contributed by atoms with E-state index >= 15 is 0 Å². The van der Waals surface area contributed by atoms with E-state index in [-0.39, 0.29) is 30.2 Å². The van der Waals surface area contributed by atoms with Gasteiger partial charge in [0.05, 0.1) is 18.7 Å². The second kappa shape index (κ2) is 10.1. The molecule has 6 nitrogen and oxygen atoms in total. The Hall–Kier alpha value is -2.28. The van der Waals surface area contributed by atoms with Crippen LogP contribution in [0, 0.1) is 5.92 Å². The molecule has 2 heterocycles. The highest BCUT2D eigenvalue weighted by Gasteiger charge is 2.37. The highest BCUT2D eigenvalue weighted by atomic mass is 35.5. The molecule has 0 bridgehead atoms. The number of nitrogens with zero attached hydrogens (tertiary/aromatic N) is 2. The van der Waals surface area contributed by atoms with Gasteiger partial charge in [-0.2, -0.15) is 0 Å². The molecule has 4 rings (SSSR count). The molecule has 2 aliphatic rings. The Labute approximate surface area is 198 Å². The number of hydrogen-bond donors (Lipinski definition) is 1. The lowest BCUT2D eigenvalue weighted by atomic mass is 10.0. The van der Waals surface area contributed by atoms with Gasteiger partial charge in [-0.05, 0) is 48.7 Å². The number of methoxy groups -OCH3 is 1. The molecule has 0 aliphatic carbocycles. The summed E-state index contributed by atoms with van der Waals surface area (Å²) in [7, 11) is 1.55. The highest BCUT2D eigenvalue weighted by molar-refractivity contribution is 6.31. The van der Waals surface area contributed by atoms with E-state index in [1.807, 2.05) is 24.3 Å². The molecular formula is C24H27Cl2N3O3. The minimum absolute atomic E-state index is 0.0574. The summed E-state index contributed by atoms with van der Waals surface area (Å²) in [5.74, 6) is 0.0386. The number of piperidine rings is 1. The third-order valence-corrected chi connectivity index (χ3v) is 6.67. The Kier molecular flexibility index (Phi) is 7.23. The van der Waals surface area contributed by atoms with Gasteiger partial charge in [0.1, 0.15) is 5.75 Å². The van der Waals surface area contributed by atoms with Crippen molar-refractivity contribution in [1.29, 1.82) is 0 Å². The Balaban J connectivity index is 1.29. The van der Waals surface area contributed by atoms with Crippen LogP contribution in [0.1, 0.15) is 24.8 Å². The van der Waals surface area contributed by atoms with Gasteiger partial charge in [-0.15, -0.1) is 0 Å². The number of halogens is 2. The Morgan fingerprint density at radius 2 is 1.78 bits per heavy atom. The first-order valence-corrected chi connectivity index (χ1v) is 11.6. The maximum absolute atomic E-state index is 12.9. The zero-order valence-corrected chi connectivity index (χ0v) is 19.5. The summed E-state index contributed by atoms with van der Waals surface area (Å²) in [5, 5.41) is 4.43. The zero-order chi connectivity index (χ0) is 22.7. The van der Waals surface area contributed by atoms with Crippen LogP contribution in [0.4, 0.5) is 5.69 Å². The lowest BCUT2D eigenvalue weighted by Crippen LogP contribution is -2.46. The third kappa shape index (κ3) is 5.37. The molecule has 170 valence electrons. The van der Waals surface area contributed by atoms with E-state index in [9.17, 15) is 9.59 Å². The van der Waals surface area contributed by atoms with Gasteiger partial charge in [0.2, 0.25) is 11.8 Å². The molecular weight excluding hydrogens is 449 g/mol. The lowest BCUT2D eigenvalue weighted by molar-refractivity contribution is -0.127. The van der Waals surface area contributed by atoms with E-state index in [0.29, 0.717) is 23.0 Å². The third-order valence-electron chi connectivity index (χ3n) is 6.18. The van der Waals surface area contributed by atoms with Gasteiger partial charge in [0.25, 0.3) is 0 Å². The highest BCUT2D eigenvalue weighted by Crippen LogP contribution is 2.35. The molecule has 0 spiro atoms. The summed E-state index contributed by atoms with van der Waals surface area (Å²) >= 11 is 12.1. The molecule has 0 radical (unpaired) electrons. The summed E-state index contributed by atoms with van der Waals surface area (Å²) in [6.45, 7) is 3.05. The first-order valence-electron chi connectivity index (χ1n) is 10.8. The number of likely N-dealkylation sites (tertiary alicyclic amines) is 1. The first-order chi connectivity index (χ1) is 15.4. The van der Waals surface area contributed by atoms with Gasteiger partial charge in [-0.25, -0.2) is 0 Å². The van der Waals surface area contributed by atoms with Gasteiger partial charge >= 0.3 is 0 Å². The smallest absolute Gasteiger partial charge is 0.227 e. The van der Waals surface area contributed by atoms with Crippen LogP contribution in [0.25, 0.3) is 0 Å². The van der Waals surface area contributed by atoms with Crippen LogP contribution >= 0.6 is 23.2 Å². The quantitative estimate of drug-likeness (QED) is 0.681. The zero-order valence-electron chi connectivity index (χ0n) is 18.0. The van der Waals surface area contributed by atoms with Crippen LogP contribution in [0.2, 0.25) is 10.0 Å². The number of hydrogen-bond acceptors (Lipinski definition) is 4. The largest absolute Gasteiger partial charge is 0.495 e. The average Bonchev–Trinajstić information content (AvgIpc) is 3.18. The number of benzene rings is 2. The van der Waals surface area contributed by atoms with Crippen molar-refractivity contribution in [3.63, 3.8) is 0 Å². The number of anilines is 1. The second-order valence-corrected chi connectivity index (χ2v) is 9.28. The van der Waals surface area contributed by atoms with Gasteiger partial charge in [-0.1, -0.05) is 35.3 Å². The van der Waals surface area contributed by atoms with Crippen LogP contribution in [-0.2, 0) is 16.1 Å². The van der Waals surface area contributed by atoms with Crippen LogP contribution in [0.3, 0.4) is 0 Å². The van der Waals surface area contributed by atoms with Crippen LogP contribution in [-0.4, -0.2) is 49.5 Å². The first kappa shape index (κ1) is 22.9. The summed E-state index contributed by atoms with van der Waals surface area (Å²) in [6, 6.07) is 13.2.